The number of piperazine rings is 1. The van der Waals surface area contributed by atoms with Crippen molar-refractivity contribution in [3.63, 3.8) is 0 Å². The Labute approximate surface area is 221 Å². The number of aromatic nitrogens is 3. The van der Waals surface area contributed by atoms with Gasteiger partial charge in [-0.15, -0.1) is 0 Å². The molecule has 1 aliphatic rings. The molecule has 1 fully saturated rings. The van der Waals surface area contributed by atoms with E-state index in [0.717, 1.165) is 33.0 Å². The van der Waals surface area contributed by atoms with Gasteiger partial charge in [0, 0.05) is 61.5 Å². The van der Waals surface area contributed by atoms with Gasteiger partial charge in [-0.3, -0.25) is 4.68 Å². The molecule has 3 heterocycles. The second-order valence-electron chi connectivity index (χ2n) is 9.37. The van der Waals surface area contributed by atoms with Gasteiger partial charge < -0.3 is 4.90 Å². The highest BCUT2D eigenvalue weighted by Crippen LogP contribution is 2.39. The molecule has 0 N–H and O–H groups in total. The van der Waals surface area contributed by atoms with Crippen molar-refractivity contribution in [2.45, 2.75) is 25.6 Å². The number of hydrogen-bond donors (Lipinski definition) is 0. The molecule has 11 heteroatoms. The van der Waals surface area contributed by atoms with Gasteiger partial charge in [0.15, 0.2) is 0 Å². The highest BCUT2D eigenvalue weighted by molar-refractivity contribution is 7.96. The lowest BCUT2D eigenvalue weighted by Gasteiger charge is -2.40. The molecule has 2 aromatic carbocycles. The van der Waals surface area contributed by atoms with Crippen LogP contribution in [0.3, 0.4) is 0 Å². The van der Waals surface area contributed by atoms with Gasteiger partial charge in [0.1, 0.15) is 23.1 Å². The molecule has 5 rings (SSSR count). The van der Waals surface area contributed by atoms with Crippen molar-refractivity contribution in [2.24, 2.45) is 7.05 Å². The van der Waals surface area contributed by atoms with Gasteiger partial charge in [-0.1, -0.05) is 42.3 Å². The predicted octanol–water partition coefficient (Wildman–Crippen LogP) is 6.25. The average Bonchev–Trinajstić information content (AvgIpc) is 3.22. The molecule has 0 saturated carbocycles. The second-order valence-corrected chi connectivity index (χ2v) is 10.2. The number of hydrogen-bond acceptors (Lipinski definition) is 5. The first-order chi connectivity index (χ1) is 18.1. The third-order valence-electron chi connectivity index (χ3n) is 7.00. The van der Waals surface area contributed by atoms with E-state index >= 15 is 4.39 Å². The normalized spacial score (nSPS) is 16.9. The zero-order valence-electron chi connectivity index (χ0n) is 21.1. The van der Waals surface area contributed by atoms with Gasteiger partial charge in [-0.2, -0.15) is 18.3 Å². The number of nitrogens with zero attached hydrogens (tertiary/aromatic N) is 5. The minimum atomic E-state index is -4.97. The summed E-state index contributed by atoms with van der Waals surface area (Å²) in [6.07, 6.45) is -0.523. The smallest absolute Gasteiger partial charge is 0.354 e. The molecule has 1 aliphatic heterocycles. The Morgan fingerprint density at radius 2 is 1.79 bits per heavy atom. The van der Waals surface area contributed by atoms with Crippen LogP contribution in [0.5, 0.6) is 0 Å². The Morgan fingerprint density at radius 3 is 2.47 bits per heavy atom. The molecule has 1 saturated heterocycles. The van der Waals surface area contributed by atoms with E-state index in [1.807, 2.05) is 24.3 Å². The van der Waals surface area contributed by atoms with Crippen LogP contribution in [0.15, 0.2) is 48.7 Å². The van der Waals surface area contributed by atoms with Gasteiger partial charge in [0.2, 0.25) is 0 Å². The van der Waals surface area contributed by atoms with E-state index in [1.165, 1.54) is 16.4 Å². The summed E-state index contributed by atoms with van der Waals surface area (Å²) in [6.45, 7) is 3.30. The summed E-state index contributed by atoms with van der Waals surface area (Å²) in [5.74, 6) is -1.98. The second kappa shape index (κ2) is 10.2. The largest absolute Gasteiger partial charge is 0.419 e. The van der Waals surface area contributed by atoms with Gasteiger partial charge in [0.05, 0.1) is 11.1 Å². The lowest BCUT2D eigenvalue weighted by molar-refractivity contribution is -0.140. The number of benzene rings is 2. The number of aryl methyl sites for hydroxylation is 1. The van der Waals surface area contributed by atoms with Crippen LogP contribution in [0.1, 0.15) is 16.7 Å². The average molecular weight is 548 g/mol. The molecule has 1 unspecified atom stereocenters. The number of halogens is 5. The number of anilines is 1. The molecular formula is C27H26F5N5S. The van der Waals surface area contributed by atoms with Crippen molar-refractivity contribution in [1.82, 2.24) is 19.1 Å². The van der Waals surface area contributed by atoms with Crippen molar-refractivity contribution in [1.29, 1.82) is 0 Å². The van der Waals surface area contributed by atoms with Crippen LogP contribution in [0.4, 0.5) is 27.8 Å². The molecule has 4 aromatic rings. The standard InChI is InChI=1S/C27H26F5N5S/c1-16-24(28)19(12-21(25(16)29)27(30,31)32)26-20-14-33-23(13-22(20)35(2)34-26)36-9-10-37(38-3)18(15-36)11-17-7-5-4-6-8-17/h4-8,12-14,18H,9-11,15H2,1-3H3. The van der Waals surface area contributed by atoms with Crippen molar-refractivity contribution >= 4 is 28.7 Å². The molecule has 1 atom stereocenters. The van der Waals surface area contributed by atoms with Gasteiger partial charge in [-0.25, -0.2) is 18.1 Å². The summed E-state index contributed by atoms with van der Waals surface area (Å²) in [5.41, 5.74) is -0.810. The Morgan fingerprint density at radius 1 is 1.05 bits per heavy atom. The highest BCUT2D eigenvalue weighted by Gasteiger charge is 2.37. The minimum absolute atomic E-state index is 0.0122. The maximum Gasteiger partial charge on any atom is 0.419 e. The predicted molar refractivity (Wildman–Crippen MR) is 140 cm³/mol. The number of fused-ring (bicyclic) bond motifs is 1. The van der Waals surface area contributed by atoms with E-state index < -0.39 is 34.5 Å². The minimum Gasteiger partial charge on any atom is -0.354 e. The molecule has 0 radical (unpaired) electrons. The Kier molecular flexibility index (Phi) is 7.08. The van der Waals surface area contributed by atoms with Crippen LogP contribution in [0.25, 0.3) is 22.2 Å². The summed E-state index contributed by atoms with van der Waals surface area (Å²) < 4.78 is 73.5. The van der Waals surface area contributed by atoms with Crippen LogP contribution in [0, 0.1) is 18.6 Å². The van der Waals surface area contributed by atoms with Gasteiger partial charge in [-0.05, 0) is 31.2 Å². The van der Waals surface area contributed by atoms with E-state index in [-0.39, 0.29) is 11.7 Å². The molecule has 5 nitrogen and oxygen atoms in total. The zero-order valence-corrected chi connectivity index (χ0v) is 21.9. The maximum atomic E-state index is 15.0. The van der Waals surface area contributed by atoms with E-state index in [0.29, 0.717) is 22.8 Å². The van der Waals surface area contributed by atoms with E-state index in [4.69, 9.17) is 0 Å². The fraction of sp³-hybridized carbons (Fsp3) is 0.333. The Bertz CT molecular complexity index is 1470. The molecule has 0 amide bonds. The van der Waals surface area contributed by atoms with Gasteiger partial charge in [0.25, 0.3) is 0 Å². The van der Waals surface area contributed by atoms with E-state index in [2.05, 4.69) is 37.7 Å². The lowest BCUT2D eigenvalue weighted by Crippen LogP contribution is -2.51. The van der Waals surface area contributed by atoms with Crippen LogP contribution in [-0.2, 0) is 19.6 Å². The summed E-state index contributed by atoms with van der Waals surface area (Å²) in [7, 11) is 1.64. The number of pyridine rings is 1. The summed E-state index contributed by atoms with van der Waals surface area (Å²) in [4.78, 5) is 6.77. The topological polar surface area (TPSA) is 37.2 Å². The van der Waals surface area contributed by atoms with Crippen LogP contribution < -0.4 is 4.90 Å². The van der Waals surface area contributed by atoms with Crippen LogP contribution in [-0.4, -0.2) is 51.0 Å². The molecule has 0 spiro atoms. The zero-order chi connectivity index (χ0) is 27.2. The van der Waals surface area contributed by atoms with Crippen LogP contribution >= 0.6 is 11.9 Å². The summed E-state index contributed by atoms with van der Waals surface area (Å²) >= 11 is 1.71. The van der Waals surface area contributed by atoms with Crippen molar-refractivity contribution < 1.29 is 22.0 Å². The molecule has 0 bridgehead atoms. The molecular weight excluding hydrogens is 521 g/mol. The van der Waals surface area contributed by atoms with E-state index in [1.54, 1.807) is 19.0 Å². The summed E-state index contributed by atoms with van der Waals surface area (Å²) in [5, 5.41) is 4.70. The first-order valence-corrected chi connectivity index (χ1v) is 13.2. The molecule has 38 heavy (non-hydrogen) atoms. The summed E-state index contributed by atoms with van der Waals surface area (Å²) in [6, 6.07) is 12.8. The van der Waals surface area contributed by atoms with E-state index in [9.17, 15) is 17.6 Å². The lowest BCUT2D eigenvalue weighted by atomic mass is 10.00. The highest BCUT2D eigenvalue weighted by atomic mass is 32.2. The number of rotatable bonds is 5. The SMILES string of the molecule is CSN1CCN(c2cc3c(cn2)c(-c2cc(C(F)(F)F)c(F)c(C)c2F)nn3C)CC1Cc1ccccc1. The first kappa shape index (κ1) is 26.4. The number of alkyl halides is 3. The first-order valence-electron chi connectivity index (χ1n) is 12.1. The fourth-order valence-corrected chi connectivity index (χ4v) is 5.71. The Hall–Kier alpha value is -3.18. The van der Waals surface area contributed by atoms with Crippen LogP contribution in [0.2, 0.25) is 0 Å². The van der Waals surface area contributed by atoms with Crippen molar-refractivity contribution in [3.8, 4) is 11.3 Å². The fourth-order valence-electron chi connectivity index (χ4n) is 5.00. The molecule has 2 aromatic heterocycles. The Balaban J connectivity index is 1.50. The van der Waals surface area contributed by atoms with Gasteiger partial charge >= 0.3 is 6.18 Å². The third-order valence-corrected chi connectivity index (χ3v) is 7.95. The maximum absolute atomic E-state index is 15.0. The quantitative estimate of drug-likeness (QED) is 0.218. The third kappa shape index (κ3) is 4.84. The monoisotopic (exact) mass is 547 g/mol. The molecule has 0 aliphatic carbocycles. The van der Waals surface area contributed by atoms with Crippen molar-refractivity contribution in [3.05, 3.63) is 77.0 Å². The van der Waals surface area contributed by atoms with Crippen molar-refractivity contribution in [2.75, 3.05) is 30.8 Å². The molecule has 200 valence electrons.